The highest BCUT2D eigenvalue weighted by Gasteiger charge is 2.29. The van der Waals surface area contributed by atoms with E-state index in [1.165, 1.54) is 0 Å². The lowest BCUT2D eigenvalue weighted by Crippen LogP contribution is -2.39. The number of hydrogen-bond acceptors (Lipinski definition) is 4. The van der Waals surface area contributed by atoms with Gasteiger partial charge in [0.15, 0.2) is 6.61 Å². The largest absolute Gasteiger partial charge is 0.484 e. The number of aryl methyl sites for hydroxylation is 1. The first-order valence-electron chi connectivity index (χ1n) is 9.53. The minimum Gasteiger partial charge on any atom is -0.484 e. The van der Waals surface area contributed by atoms with Crippen LogP contribution < -0.4 is 10.1 Å². The van der Waals surface area contributed by atoms with E-state index in [1.54, 1.807) is 22.8 Å². The molecule has 1 N–H and O–H groups in total. The van der Waals surface area contributed by atoms with Gasteiger partial charge < -0.3 is 19.5 Å². The van der Waals surface area contributed by atoms with E-state index >= 15 is 0 Å². The van der Waals surface area contributed by atoms with Crippen molar-refractivity contribution in [1.82, 2.24) is 24.6 Å². The first kappa shape index (κ1) is 18.8. The summed E-state index contributed by atoms with van der Waals surface area (Å²) in [4.78, 5) is 26.9. The smallest absolute Gasteiger partial charge is 0.260 e. The number of likely N-dealkylation sites (tertiary alicyclic amines) is 1. The molecule has 1 aromatic carbocycles. The first-order chi connectivity index (χ1) is 14.1. The summed E-state index contributed by atoms with van der Waals surface area (Å²) in [7, 11) is 1.80. The lowest BCUT2D eigenvalue weighted by molar-refractivity contribution is -0.132. The van der Waals surface area contributed by atoms with E-state index in [0.717, 1.165) is 0 Å². The molecule has 3 heterocycles. The molecule has 3 aromatic rings. The third-order valence-electron chi connectivity index (χ3n) is 4.98. The molecule has 1 aliphatic heterocycles. The zero-order valence-corrected chi connectivity index (χ0v) is 16.2. The van der Waals surface area contributed by atoms with Crippen molar-refractivity contribution in [2.45, 2.75) is 12.5 Å². The van der Waals surface area contributed by atoms with Gasteiger partial charge in [-0.15, -0.1) is 0 Å². The molecule has 1 atom stereocenters. The van der Waals surface area contributed by atoms with Crippen molar-refractivity contribution in [1.29, 1.82) is 0 Å². The van der Waals surface area contributed by atoms with E-state index in [-0.39, 0.29) is 24.5 Å². The molecule has 29 heavy (non-hydrogen) atoms. The summed E-state index contributed by atoms with van der Waals surface area (Å²) in [5, 5.41) is 7.25. The van der Waals surface area contributed by atoms with Crippen molar-refractivity contribution < 1.29 is 14.3 Å². The molecule has 1 aliphatic rings. The van der Waals surface area contributed by atoms with Gasteiger partial charge in [-0.3, -0.25) is 14.3 Å². The van der Waals surface area contributed by atoms with E-state index < -0.39 is 0 Å². The van der Waals surface area contributed by atoms with Crippen molar-refractivity contribution in [3.63, 3.8) is 0 Å². The SMILES string of the molecule is Cn1ncc(C(=O)NC2CCN(C(=O)COc3ccccc3)C2)c1-n1cccc1. The highest BCUT2D eigenvalue weighted by atomic mass is 16.5. The molecule has 150 valence electrons. The Morgan fingerprint density at radius 1 is 1.17 bits per heavy atom. The number of rotatable bonds is 6. The number of carbonyl (C=O) groups is 2. The molecule has 1 fully saturated rings. The van der Waals surface area contributed by atoms with Gasteiger partial charge in [0, 0.05) is 38.6 Å². The monoisotopic (exact) mass is 393 g/mol. The van der Waals surface area contributed by atoms with E-state index in [2.05, 4.69) is 10.4 Å². The van der Waals surface area contributed by atoms with Crippen LogP contribution in [0.4, 0.5) is 0 Å². The van der Waals surface area contributed by atoms with Crippen molar-refractivity contribution in [2.24, 2.45) is 7.05 Å². The summed E-state index contributed by atoms with van der Waals surface area (Å²) >= 11 is 0. The minimum atomic E-state index is -0.193. The number of benzene rings is 1. The predicted molar refractivity (Wildman–Crippen MR) is 107 cm³/mol. The molecule has 1 saturated heterocycles. The molecule has 0 bridgehead atoms. The van der Waals surface area contributed by atoms with Crippen LogP contribution in [0.5, 0.6) is 5.75 Å². The highest BCUT2D eigenvalue weighted by Crippen LogP contribution is 2.16. The van der Waals surface area contributed by atoms with Crippen LogP contribution in [0.3, 0.4) is 0 Å². The Labute approximate surface area is 168 Å². The molecule has 1 unspecified atom stereocenters. The second kappa shape index (κ2) is 8.22. The lowest BCUT2D eigenvalue weighted by Gasteiger charge is -2.17. The quantitative estimate of drug-likeness (QED) is 0.690. The van der Waals surface area contributed by atoms with E-state index in [1.807, 2.05) is 59.4 Å². The summed E-state index contributed by atoms with van der Waals surface area (Å²) in [6.07, 6.45) is 6.02. The molecule has 0 aliphatic carbocycles. The van der Waals surface area contributed by atoms with Crippen LogP contribution in [-0.4, -0.2) is 56.8 Å². The van der Waals surface area contributed by atoms with Gasteiger partial charge in [-0.1, -0.05) is 18.2 Å². The predicted octanol–water partition coefficient (Wildman–Crippen LogP) is 1.62. The molecular weight excluding hydrogens is 370 g/mol. The Hall–Kier alpha value is -3.55. The zero-order chi connectivity index (χ0) is 20.2. The fourth-order valence-corrected chi connectivity index (χ4v) is 3.49. The van der Waals surface area contributed by atoms with Gasteiger partial charge in [0.05, 0.1) is 6.20 Å². The van der Waals surface area contributed by atoms with Crippen molar-refractivity contribution in [3.8, 4) is 11.6 Å². The number of nitrogens with one attached hydrogen (secondary N) is 1. The summed E-state index contributed by atoms with van der Waals surface area (Å²) in [5.74, 6) is 1.09. The Balaban J connectivity index is 1.33. The Morgan fingerprint density at radius 2 is 1.93 bits per heavy atom. The van der Waals surface area contributed by atoms with Crippen LogP contribution >= 0.6 is 0 Å². The van der Waals surface area contributed by atoms with Gasteiger partial charge in [-0.05, 0) is 30.7 Å². The van der Waals surface area contributed by atoms with E-state index in [0.29, 0.717) is 36.6 Å². The maximum absolute atomic E-state index is 12.8. The standard InChI is InChI=1S/C21H23N5O3/c1-24-21(25-10-5-6-11-25)18(13-22-24)20(28)23-16-9-12-26(14-16)19(27)15-29-17-7-3-2-4-8-17/h2-8,10-11,13,16H,9,12,14-15H2,1H3,(H,23,28). The Kier molecular flexibility index (Phi) is 5.33. The van der Waals surface area contributed by atoms with Gasteiger partial charge in [0.2, 0.25) is 0 Å². The summed E-state index contributed by atoms with van der Waals surface area (Å²) in [5.41, 5.74) is 0.501. The van der Waals surface area contributed by atoms with Crippen LogP contribution in [0.15, 0.2) is 61.1 Å². The average molecular weight is 393 g/mol. The topological polar surface area (TPSA) is 81.4 Å². The lowest BCUT2D eigenvalue weighted by atomic mass is 10.2. The van der Waals surface area contributed by atoms with E-state index in [4.69, 9.17) is 4.74 Å². The molecule has 0 radical (unpaired) electrons. The van der Waals surface area contributed by atoms with Crippen molar-refractivity contribution in [3.05, 3.63) is 66.6 Å². The maximum Gasteiger partial charge on any atom is 0.260 e. The Bertz CT molecular complexity index is 981. The molecule has 4 rings (SSSR count). The summed E-state index contributed by atoms with van der Waals surface area (Å²) in [6.45, 7) is 1.06. The first-order valence-corrected chi connectivity index (χ1v) is 9.53. The van der Waals surface area contributed by atoms with E-state index in [9.17, 15) is 9.59 Å². The zero-order valence-electron chi connectivity index (χ0n) is 16.2. The van der Waals surface area contributed by atoms with Gasteiger partial charge in [0.25, 0.3) is 11.8 Å². The Morgan fingerprint density at radius 3 is 2.69 bits per heavy atom. The number of carbonyl (C=O) groups excluding carboxylic acids is 2. The average Bonchev–Trinajstić information content (AvgIpc) is 3.47. The second-order valence-corrected chi connectivity index (χ2v) is 7.00. The van der Waals surface area contributed by atoms with Gasteiger partial charge in [-0.2, -0.15) is 5.10 Å². The molecular formula is C21H23N5O3. The third-order valence-corrected chi connectivity index (χ3v) is 4.98. The van der Waals surface area contributed by atoms with Crippen LogP contribution in [0.2, 0.25) is 0 Å². The third kappa shape index (κ3) is 4.16. The van der Waals surface area contributed by atoms with Gasteiger partial charge >= 0.3 is 0 Å². The van der Waals surface area contributed by atoms with Crippen molar-refractivity contribution >= 4 is 11.8 Å². The normalized spacial score (nSPS) is 16.0. The number of para-hydroxylation sites is 1. The van der Waals surface area contributed by atoms with Crippen LogP contribution in [0.25, 0.3) is 5.82 Å². The number of hydrogen-bond donors (Lipinski definition) is 1. The van der Waals surface area contributed by atoms with Crippen LogP contribution in [-0.2, 0) is 11.8 Å². The molecule has 8 heteroatoms. The second-order valence-electron chi connectivity index (χ2n) is 7.00. The minimum absolute atomic E-state index is 0.00887. The number of aromatic nitrogens is 3. The van der Waals surface area contributed by atoms with Crippen molar-refractivity contribution in [2.75, 3.05) is 19.7 Å². The van der Waals surface area contributed by atoms with Crippen LogP contribution in [0.1, 0.15) is 16.8 Å². The summed E-state index contributed by atoms with van der Waals surface area (Å²) < 4.78 is 9.05. The molecule has 8 nitrogen and oxygen atoms in total. The van der Waals surface area contributed by atoms with Gasteiger partial charge in [0.1, 0.15) is 17.1 Å². The number of ether oxygens (including phenoxy) is 1. The number of amides is 2. The summed E-state index contributed by atoms with van der Waals surface area (Å²) in [6, 6.07) is 12.9. The van der Waals surface area contributed by atoms with Crippen LogP contribution in [0, 0.1) is 0 Å². The molecule has 2 aromatic heterocycles. The molecule has 2 amide bonds. The fourth-order valence-electron chi connectivity index (χ4n) is 3.49. The molecule has 0 saturated carbocycles. The fraction of sp³-hybridized carbons (Fsp3) is 0.286. The van der Waals surface area contributed by atoms with Gasteiger partial charge in [-0.25, -0.2) is 0 Å². The molecule has 0 spiro atoms. The maximum atomic E-state index is 12.8. The highest BCUT2D eigenvalue weighted by molar-refractivity contribution is 5.97. The number of nitrogens with zero attached hydrogens (tertiary/aromatic N) is 4.